The molecule has 0 unspecified atom stereocenters. The molecule has 148 valence electrons. The maximum atomic E-state index is 12.5. The van der Waals surface area contributed by atoms with Crippen molar-refractivity contribution >= 4 is 29.2 Å². The topological polar surface area (TPSA) is 118 Å². The predicted molar refractivity (Wildman–Crippen MR) is 111 cm³/mol. The Hall–Kier alpha value is -4.07. The Morgan fingerprint density at radius 1 is 0.897 bits per heavy atom. The van der Waals surface area contributed by atoms with E-state index in [4.69, 9.17) is 5.73 Å². The maximum absolute atomic E-state index is 12.5. The molecule has 5 N–H and O–H groups in total. The van der Waals surface area contributed by atoms with E-state index in [1.807, 2.05) is 41.1 Å². The van der Waals surface area contributed by atoms with Gasteiger partial charge in [0.2, 0.25) is 5.91 Å². The number of benzene rings is 2. The standard InChI is InChI=1S/C21H21N5O3/c22-21(29)23-12-19(27)24-17-7-4-8-18(11-17)25-20(28)16-9-10-26(14-16)13-15-5-2-1-3-6-15/h1-11,14H,12-13H2,(H,24,27)(H,25,28)(H3,22,23,29). The molecule has 0 atom stereocenters. The van der Waals surface area contributed by atoms with E-state index in [2.05, 4.69) is 16.0 Å². The second-order valence-electron chi connectivity index (χ2n) is 6.36. The van der Waals surface area contributed by atoms with Crippen LogP contribution in [0.5, 0.6) is 0 Å². The number of hydrogen-bond donors (Lipinski definition) is 4. The van der Waals surface area contributed by atoms with Crippen LogP contribution in [0.4, 0.5) is 16.2 Å². The molecule has 29 heavy (non-hydrogen) atoms. The number of urea groups is 1. The summed E-state index contributed by atoms with van der Waals surface area (Å²) in [5.41, 5.74) is 7.63. The molecule has 2 aromatic carbocycles. The molecule has 0 aliphatic carbocycles. The van der Waals surface area contributed by atoms with E-state index in [1.54, 1.807) is 36.5 Å². The highest BCUT2D eigenvalue weighted by atomic mass is 16.2. The predicted octanol–water partition coefficient (Wildman–Crippen LogP) is 2.40. The molecule has 0 bridgehead atoms. The Morgan fingerprint density at radius 2 is 1.62 bits per heavy atom. The number of nitrogens with one attached hydrogen (secondary N) is 3. The fraction of sp³-hybridized carbons (Fsp3) is 0.0952. The lowest BCUT2D eigenvalue weighted by Crippen LogP contribution is -2.36. The number of carbonyl (C=O) groups excluding carboxylic acids is 3. The molecule has 3 rings (SSSR count). The molecule has 0 aliphatic rings. The average molecular weight is 391 g/mol. The van der Waals surface area contributed by atoms with Crippen LogP contribution in [0, 0.1) is 0 Å². The minimum absolute atomic E-state index is 0.235. The molecule has 8 heteroatoms. The lowest BCUT2D eigenvalue weighted by atomic mass is 10.2. The van der Waals surface area contributed by atoms with E-state index in [9.17, 15) is 14.4 Å². The molecule has 0 aliphatic heterocycles. The third kappa shape index (κ3) is 5.96. The van der Waals surface area contributed by atoms with Gasteiger partial charge in [0.05, 0.1) is 12.1 Å². The fourth-order valence-corrected chi connectivity index (χ4v) is 2.72. The molecule has 0 fully saturated rings. The zero-order chi connectivity index (χ0) is 20.6. The number of nitrogens with two attached hydrogens (primary N) is 1. The quantitative estimate of drug-likeness (QED) is 0.495. The number of hydrogen-bond acceptors (Lipinski definition) is 3. The van der Waals surface area contributed by atoms with Gasteiger partial charge in [-0.15, -0.1) is 0 Å². The second-order valence-corrected chi connectivity index (χ2v) is 6.36. The van der Waals surface area contributed by atoms with Crippen molar-refractivity contribution in [1.82, 2.24) is 9.88 Å². The van der Waals surface area contributed by atoms with Gasteiger partial charge in [-0.25, -0.2) is 4.79 Å². The summed E-state index contributed by atoms with van der Waals surface area (Å²) in [6, 6.07) is 17.7. The Morgan fingerprint density at radius 3 is 2.34 bits per heavy atom. The Labute approximate surface area is 167 Å². The fourth-order valence-electron chi connectivity index (χ4n) is 2.72. The second kappa shape index (κ2) is 9.23. The van der Waals surface area contributed by atoms with Crippen molar-refractivity contribution in [3.05, 3.63) is 84.2 Å². The van der Waals surface area contributed by atoms with Crippen molar-refractivity contribution in [3.8, 4) is 0 Å². The molecular weight excluding hydrogens is 370 g/mol. The summed E-state index contributed by atoms with van der Waals surface area (Å²) in [6.45, 7) is 0.440. The number of aromatic nitrogens is 1. The molecule has 1 aromatic heterocycles. The number of amides is 4. The third-order valence-electron chi connectivity index (χ3n) is 4.05. The van der Waals surface area contributed by atoms with Gasteiger partial charge in [-0.2, -0.15) is 0 Å². The summed E-state index contributed by atoms with van der Waals surface area (Å²) in [7, 11) is 0. The summed E-state index contributed by atoms with van der Waals surface area (Å²) in [4.78, 5) is 34.9. The van der Waals surface area contributed by atoms with Gasteiger partial charge in [-0.3, -0.25) is 9.59 Å². The van der Waals surface area contributed by atoms with E-state index < -0.39 is 11.9 Å². The molecule has 0 spiro atoms. The highest BCUT2D eigenvalue weighted by Crippen LogP contribution is 2.16. The van der Waals surface area contributed by atoms with Crippen LogP contribution in [-0.4, -0.2) is 29.0 Å². The van der Waals surface area contributed by atoms with Crippen molar-refractivity contribution in [2.75, 3.05) is 17.2 Å². The zero-order valence-electron chi connectivity index (χ0n) is 15.6. The molecule has 3 aromatic rings. The van der Waals surface area contributed by atoms with Gasteiger partial charge in [0.25, 0.3) is 5.91 Å². The Balaban J connectivity index is 1.59. The summed E-state index contributed by atoms with van der Waals surface area (Å²) in [6.07, 6.45) is 3.63. The molecular formula is C21H21N5O3. The highest BCUT2D eigenvalue weighted by Gasteiger charge is 2.09. The van der Waals surface area contributed by atoms with E-state index in [0.717, 1.165) is 5.56 Å². The van der Waals surface area contributed by atoms with Crippen molar-refractivity contribution in [3.63, 3.8) is 0 Å². The summed E-state index contributed by atoms with van der Waals surface area (Å²) in [5, 5.41) is 7.63. The summed E-state index contributed by atoms with van der Waals surface area (Å²) < 4.78 is 1.94. The first kappa shape index (κ1) is 19.7. The lowest BCUT2D eigenvalue weighted by molar-refractivity contribution is -0.115. The van der Waals surface area contributed by atoms with Crippen molar-refractivity contribution < 1.29 is 14.4 Å². The van der Waals surface area contributed by atoms with Gasteiger partial charge >= 0.3 is 6.03 Å². The first-order chi connectivity index (χ1) is 14.0. The van der Waals surface area contributed by atoms with Gasteiger partial charge in [0.15, 0.2) is 0 Å². The van der Waals surface area contributed by atoms with Gasteiger partial charge in [0, 0.05) is 30.3 Å². The van der Waals surface area contributed by atoms with Crippen LogP contribution >= 0.6 is 0 Å². The van der Waals surface area contributed by atoms with Crippen molar-refractivity contribution in [1.29, 1.82) is 0 Å². The maximum Gasteiger partial charge on any atom is 0.312 e. The first-order valence-electron chi connectivity index (χ1n) is 8.94. The zero-order valence-corrected chi connectivity index (χ0v) is 15.6. The molecule has 4 amide bonds. The smallest absolute Gasteiger partial charge is 0.312 e. The minimum Gasteiger partial charge on any atom is -0.352 e. The van der Waals surface area contributed by atoms with Crippen LogP contribution in [0.2, 0.25) is 0 Å². The first-order valence-corrected chi connectivity index (χ1v) is 8.94. The summed E-state index contributed by atoms with van der Waals surface area (Å²) in [5.74, 6) is -0.680. The molecule has 0 radical (unpaired) electrons. The highest BCUT2D eigenvalue weighted by molar-refractivity contribution is 6.04. The lowest BCUT2D eigenvalue weighted by Gasteiger charge is -2.09. The van der Waals surface area contributed by atoms with Gasteiger partial charge in [-0.05, 0) is 29.8 Å². The number of nitrogens with zero attached hydrogens (tertiary/aromatic N) is 1. The SMILES string of the molecule is NC(=O)NCC(=O)Nc1cccc(NC(=O)c2ccn(Cc3ccccc3)c2)c1. The molecule has 8 nitrogen and oxygen atoms in total. The largest absolute Gasteiger partial charge is 0.352 e. The van der Waals surface area contributed by atoms with Gasteiger partial charge in [-0.1, -0.05) is 36.4 Å². The Bertz CT molecular complexity index is 1010. The number of primary amides is 1. The summed E-state index contributed by atoms with van der Waals surface area (Å²) >= 11 is 0. The number of rotatable bonds is 7. The van der Waals surface area contributed by atoms with Crippen molar-refractivity contribution in [2.24, 2.45) is 5.73 Å². The van der Waals surface area contributed by atoms with Crippen LogP contribution in [0.1, 0.15) is 15.9 Å². The number of carbonyl (C=O) groups is 3. The van der Waals surface area contributed by atoms with Crippen molar-refractivity contribution in [2.45, 2.75) is 6.54 Å². The van der Waals surface area contributed by atoms with Gasteiger partial charge < -0.3 is 26.3 Å². The normalized spacial score (nSPS) is 10.2. The van der Waals surface area contributed by atoms with Crippen LogP contribution in [0.25, 0.3) is 0 Å². The molecule has 0 saturated heterocycles. The third-order valence-corrected chi connectivity index (χ3v) is 4.05. The van der Waals surface area contributed by atoms with Crippen LogP contribution < -0.4 is 21.7 Å². The van der Waals surface area contributed by atoms with E-state index in [1.165, 1.54) is 0 Å². The van der Waals surface area contributed by atoms with E-state index in [0.29, 0.717) is 23.5 Å². The number of anilines is 2. The van der Waals surface area contributed by atoms with Gasteiger partial charge in [0.1, 0.15) is 0 Å². The Kier molecular flexibility index (Phi) is 6.26. The van der Waals surface area contributed by atoms with Crippen LogP contribution in [0.3, 0.4) is 0 Å². The minimum atomic E-state index is -0.777. The molecule has 0 saturated carbocycles. The van der Waals surface area contributed by atoms with Crippen LogP contribution in [0.15, 0.2) is 73.1 Å². The average Bonchev–Trinajstić information content (AvgIpc) is 3.16. The monoisotopic (exact) mass is 391 g/mol. The van der Waals surface area contributed by atoms with Crippen LogP contribution in [-0.2, 0) is 11.3 Å². The van der Waals surface area contributed by atoms with E-state index in [-0.39, 0.29) is 12.5 Å². The molecule has 1 heterocycles. The van der Waals surface area contributed by atoms with E-state index >= 15 is 0 Å².